The zero-order valence-corrected chi connectivity index (χ0v) is 12.4. The number of hydrogen-bond donors (Lipinski definition) is 1. The normalized spacial score (nSPS) is 18.3. The maximum Gasteiger partial charge on any atom is 0.229 e. The fourth-order valence-corrected chi connectivity index (χ4v) is 2.43. The average molecular weight is 282 g/mol. The highest BCUT2D eigenvalue weighted by atomic mass is 16.5. The summed E-state index contributed by atoms with van der Waals surface area (Å²) >= 11 is 0. The molecule has 0 spiro atoms. The standard InChI is InChI=1S/C14H26N4O2/c1-2-9-19-10-6-13-16-14(17-20-13)12(15)11-18-7-4-3-5-8-18/h12H,2-11,15H2,1H3. The molecule has 1 aromatic heterocycles. The highest BCUT2D eigenvalue weighted by molar-refractivity contribution is 4.94. The van der Waals surface area contributed by atoms with Crippen molar-refractivity contribution in [2.75, 3.05) is 32.8 Å². The van der Waals surface area contributed by atoms with Crippen LogP contribution in [0.2, 0.25) is 0 Å². The van der Waals surface area contributed by atoms with Gasteiger partial charge in [0.05, 0.1) is 19.1 Å². The largest absolute Gasteiger partial charge is 0.381 e. The second kappa shape index (κ2) is 8.34. The smallest absolute Gasteiger partial charge is 0.229 e. The molecule has 1 fully saturated rings. The Bertz CT molecular complexity index is 377. The van der Waals surface area contributed by atoms with Gasteiger partial charge in [-0.3, -0.25) is 0 Å². The lowest BCUT2D eigenvalue weighted by molar-refractivity contribution is 0.132. The van der Waals surface area contributed by atoms with Crippen LogP contribution in [0.5, 0.6) is 0 Å². The van der Waals surface area contributed by atoms with E-state index in [0.29, 0.717) is 24.7 Å². The maximum atomic E-state index is 6.16. The molecule has 0 aliphatic carbocycles. The van der Waals surface area contributed by atoms with Crippen molar-refractivity contribution < 1.29 is 9.26 Å². The molecule has 0 amide bonds. The quantitative estimate of drug-likeness (QED) is 0.728. The van der Waals surface area contributed by atoms with Crippen molar-refractivity contribution in [3.63, 3.8) is 0 Å². The third kappa shape index (κ3) is 4.85. The minimum atomic E-state index is -0.165. The first-order valence-electron chi connectivity index (χ1n) is 7.67. The Morgan fingerprint density at radius 2 is 2.10 bits per heavy atom. The van der Waals surface area contributed by atoms with Crippen molar-refractivity contribution in [2.45, 2.75) is 45.1 Å². The molecule has 0 radical (unpaired) electrons. The van der Waals surface area contributed by atoms with Crippen LogP contribution >= 0.6 is 0 Å². The summed E-state index contributed by atoms with van der Waals surface area (Å²) < 4.78 is 10.6. The molecule has 0 bridgehead atoms. The predicted molar refractivity (Wildman–Crippen MR) is 76.3 cm³/mol. The molecular weight excluding hydrogens is 256 g/mol. The van der Waals surface area contributed by atoms with Crippen molar-refractivity contribution >= 4 is 0 Å². The van der Waals surface area contributed by atoms with Crippen molar-refractivity contribution in [1.82, 2.24) is 15.0 Å². The number of ether oxygens (including phenoxy) is 1. The summed E-state index contributed by atoms with van der Waals surface area (Å²) in [6, 6.07) is -0.165. The molecule has 20 heavy (non-hydrogen) atoms. The van der Waals surface area contributed by atoms with Gasteiger partial charge < -0.3 is 19.9 Å². The molecule has 2 N–H and O–H groups in total. The lowest BCUT2D eigenvalue weighted by Gasteiger charge is -2.27. The summed E-state index contributed by atoms with van der Waals surface area (Å²) in [6.07, 6.45) is 5.53. The van der Waals surface area contributed by atoms with Gasteiger partial charge in [0.1, 0.15) is 0 Å². The third-order valence-corrected chi connectivity index (χ3v) is 3.53. The number of aromatic nitrogens is 2. The molecule has 1 atom stereocenters. The summed E-state index contributed by atoms with van der Waals surface area (Å²) in [7, 11) is 0. The highest BCUT2D eigenvalue weighted by Crippen LogP contribution is 2.13. The van der Waals surface area contributed by atoms with E-state index in [-0.39, 0.29) is 6.04 Å². The second-order valence-corrected chi connectivity index (χ2v) is 5.38. The highest BCUT2D eigenvalue weighted by Gasteiger charge is 2.19. The van der Waals surface area contributed by atoms with Crippen LogP contribution < -0.4 is 5.73 Å². The van der Waals surface area contributed by atoms with Crippen LogP contribution in [0, 0.1) is 0 Å². The Morgan fingerprint density at radius 3 is 2.85 bits per heavy atom. The van der Waals surface area contributed by atoms with E-state index in [0.717, 1.165) is 32.7 Å². The van der Waals surface area contributed by atoms with E-state index in [1.165, 1.54) is 19.3 Å². The van der Waals surface area contributed by atoms with Gasteiger partial charge >= 0.3 is 0 Å². The summed E-state index contributed by atoms with van der Waals surface area (Å²) in [5.74, 6) is 1.23. The van der Waals surface area contributed by atoms with Gasteiger partial charge in [-0.15, -0.1) is 0 Å². The summed E-state index contributed by atoms with van der Waals surface area (Å²) in [4.78, 5) is 6.75. The molecule has 6 heteroatoms. The first-order valence-corrected chi connectivity index (χ1v) is 7.67. The zero-order valence-electron chi connectivity index (χ0n) is 12.4. The van der Waals surface area contributed by atoms with E-state index in [4.69, 9.17) is 15.0 Å². The molecule has 0 aromatic carbocycles. The minimum Gasteiger partial charge on any atom is -0.381 e. The van der Waals surface area contributed by atoms with E-state index in [1.54, 1.807) is 0 Å². The summed E-state index contributed by atoms with van der Waals surface area (Å²) in [5.41, 5.74) is 6.16. The summed E-state index contributed by atoms with van der Waals surface area (Å²) in [5, 5.41) is 3.99. The van der Waals surface area contributed by atoms with Gasteiger partial charge in [-0.25, -0.2) is 0 Å². The van der Waals surface area contributed by atoms with Crippen LogP contribution in [0.4, 0.5) is 0 Å². The van der Waals surface area contributed by atoms with Gasteiger partial charge in [0.2, 0.25) is 5.89 Å². The van der Waals surface area contributed by atoms with E-state index in [9.17, 15) is 0 Å². The Labute approximate surface area is 120 Å². The molecule has 1 aliphatic heterocycles. The number of hydrogen-bond acceptors (Lipinski definition) is 6. The minimum absolute atomic E-state index is 0.165. The fraction of sp³-hybridized carbons (Fsp3) is 0.857. The van der Waals surface area contributed by atoms with Gasteiger partial charge in [-0.05, 0) is 32.4 Å². The molecule has 2 heterocycles. The van der Waals surface area contributed by atoms with Crippen molar-refractivity contribution in [2.24, 2.45) is 5.73 Å². The maximum absolute atomic E-state index is 6.16. The lowest BCUT2D eigenvalue weighted by atomic mass is 10.1. The topological polar surface area (TPSA) is 77.4 Å². The number of rotatable bonds is 8. The van der Waals surface area contributed by atoms with E-state index in [2.05, 4.69) is 22.0 Å². The fourth-order valence-electron chi connectivity index (χ4n) is 2.43. The van der Waals surface area contributed by atoms with Crippen LogP contribution in [0.3, 0.4) is 0 Å². The number of nitrogens with zero attached hydrogens (tertiary/aromatic N) is 3. The van der Waals surface area contributed by atoms with Crippen molar-refractivity contribution in [3.05, 3.63) is 11.7 Å². The zero-order chi connectivity index (χ0) is 14.2. The number of piperidine rings is 1. The van der Waals surface area contributed by atoms with Gasteiger partial charge in [-0.1, -0.05) is 18.5 Å². The molecule has 0 saturated carbocycles. The van der Waals surface area contributed by atoms with E-state index < -0.39 is 0 Å². The monoisotopic (exact) mass is 282 g/mol. The first-order chi connectivity index (χ1) is 9.79. The molecule has 1 unspecified atom stereocenters. The van der Waals surface area contributed by atoms with E-state index in [1.807, 2.05) is 0 Å². The molecule has 1 aliphatic rings. The molecule has 1 saturated heterocycles. The van der Waals surface area contributed by atoms with Gasteiger partial charge in [0, 0.05) is 13.2 Å². The van der Waals surface area contributed by atoms with Crippen LogP contribution in [0.25, 0.3) is 0 Å². The van der Waals surface area contributed by atoms with Gasteiger partial charge in [0.25, 0.3) is 0 Å². The Kier molecular flexibility index (Phi) is 6.42. The number of nitrogens with two attached hydrogens (primary N) is 1. The second-order valence-electron chi connectivity index (χ2n) is 5.38. The molecular formula is C14H26N4O2. The number of likely N-dealkylation sites (tertiary alicyclic amines) is 1. The van der Waals surface area contributed by atoms with E-state index >= 15 is 0 Å². The Balaban J connectivity index is 1.75. The van der Waals surface area contributed by atoms with Crippen LogP contribution in [0.1, 0.15) is 50.4 Å². The Hall–Kier alpha value is -0.980. The third-order valence-electron chi connectivity index (χ3n) is 3.53. The summed E-state index contributed by atoms with van der Waals surface area (Å²) in [6.45, 7) is 6.55. The van der Waals surface area contributed by atoms with Crippen LogP contribution in [-0.2, 0) is 11.2 Å². The van der Waals surface area contributed by atoms with Gasteiger partial charge in [-0.2, -0.15) is 4.98 Å². The molecule has 114 valence electrons. The van der Waals surface area contributed by atoms with Gasteiger partial charge in [0.15, 0.2) is 5.82 Å². The van der Waals surface area contributed by atoms with Crippen molar-refractivity contribution in [1.29, 1.82) is 0 Å². The average Bonchev–Trinajstić information content (AvgIpc) is 2.94. The molecule has 6 nitrogen and oxygen atoms in total. The van der Waals surface area contributed by atoms with Crippen LogP contribution in [-0.4, -0.2) is 47.9 Å². The van der Waals surface area contributed by atoms with Crippen LogP contribution in [0.15, 0.2) is 4.52 Å². The molecule has 2 rings (SSSR count). The van der Waals surface area contributed by atoms with Crippen molar-refractivity contribution in [3.8, 4) is 0 Å². The SMILES string of the molecule is CCCOCCc1nc(C(N)CN2CCCCC2)no1. The predicted octanol–water partition coefficient (Wildman–Crippen LogP) is 1.52. The first kappa shape index (κ1) is 15.4. The molecule has 1 aromatic rings. The lowest BCUT2D eigenvalue weighted by Crippen LogP contribution is -2.36. The Morgan fingerprint density at radius 1 is 1.30 bits per heavy atom.